The SMILES string of the molecule is CCC(N)Cc1ccccc1N(CC)CC1CC1. The molecule has 1 aromatic carbocycles. The Labute approximate surface area is 111 Å². The van der Waals surface area contributed by atoms with Crippen LogP contribution in [-0.2, 0) is 6.42 Å². The van der Waals surface area contributed by atoms with Crippen molar-refractivity contribution >= 4 is 5.69 Å². The fourth-order valence-corrected chi connectivity index (χ4v) is 2.43. The lowest BCUT2D eigenvalue weighted by Crippen LogP contribution is -2.28. The minimum Gasteiger partial charge on any atom is -0.371 e. The maximum Gasteiger partial charge on any atom is 0.0399 e. The standard InChI is InChI=1S/C16H26N2/c1-3-15(17)11-14-7-5-6-8-16(14)18(4-2)12-13-9-10-13/h5-8,13,15H,3-4,9-12,17H2,1-2H3. The van der Waals surface area contributed by atoms with E-state index in [0.717, 1.165) is 25.3 Å². The molecule has 0 amide bonds. The molecular formula is C16H26N2. The molecule has 0 spiro atoms. The number of anilines is 1. The molecular weight excluding hydrogens is 220 g/mol. The minimum absolute atomic E-state index is 0.283. The van der Waals surface area contributed by atoms with Gasteiger partial charge in [-0.2, -0.15) is 0 Å². The monoisotopic (exact) mass is 246 g/mol. The van der Waals surface area contributed by atoms with Gasteiger partial charge < -0.3 is 10.6 Å². The first-order valence-electron chi connectivity index (χ1n) is 7.33. The van der Waals surface area contributed by atoms with E-state index < -0.39 is 0 Å². The lowest BCUT2D eigenvalue weighted by atomic mass is 10.0. The smallest absolute Gasteiger partial charge is 0.0399 e. The van der Waals surface area contributed by atoms with Gasteiger partial charge in [0, 0.05) is 24.8 Å². The van der Waals surface area contributed by atoms with E-state index in [-0.39, 0.29) is 6.04 Å². The predicted octanol–water partition coefficient (Wildman–Crippen LogP) is 3.20. The third-order valence-electron chi connectivity index (χ3n) is 3.90. The summed E-state index contributed by atoms with van der Waals surface area (Å²) in [5.74, 6) is 0.929. The zero-order chi connectivity index (χ0) is 13.0. The highest BCUT2D eigenvalue weighted by Crippen LogP contribution is 2.32. The van der Waals surface area contributed by atoms with Gasteiger partial charge in [-0.3, -0.25) is 0 Å². The van der Waals surface area contributed by atoms with Crippen LogP contribution in [0.25, 0.3) is 0 Å². The summed E-state index contributed by atoms with van der Waals surface area (Å²) in [6, 6.07) is 9.05. The van der Waals surface area contributed by atoms with Crippen molar-refractivity contribution in [1.82, 2.24) is 0 Å². The average Bonchev–Trinajstić information content (AvgIpc) is 3.20. The van der Waals surface area contributed by atoms with Crippen LogP contribution in [0.3, 0.4) is 0 Å². The molecule has 0 radical (unpaired) electrons. The molecule has 0 aromatic heterocycles. The van der Waals surface area contributed by atoms with Crippen molar-refractivity contribution in [3.05, 3.63) is 29.8 Å². The van der Waals surface area contributed by atoms with Crippen molar-refractivity contribution in [3.63, 3.8) is 0 Å². The fourth-order valence-electron chi connectivity index (χ4n) is 2.43. The van der Waals surface area contributed by atoms with Crippen LogP contribution in [0.15, 0.2) is 24.3 Å². The second kappa shape index (κ2) is 6.24. The predicted molar refractivity (Wildman–Crippen MR) is 79.0 cm³/mol. The molecule has 0 aliphatic heterocycles. The maximum absolute atomic E-state index is 6.11. The van der Waals surface area contributed by atoms with Crippen molar-refractivity contribution < 1.29 is 0 Å². The van der Waals surface area contributed by atoms with Gasteiger partial charge in [-0.05, 0) is 50.2 Å². The first-order valence-corrected chi connectivity index (χ1v) is 7.33. The number of hydrogen-bond acceptors (Lipinski definition) is 2. The fraction of sp³-hybridized carbons (Fsp3) is 0.625. The summed E-state index contributed by atoms with van der Waals surface area (Å²) in [6.45, 7) is 6.72. The van der Waals surface area contributed by atoms with Crippen LogP contribution in [-0.4, -0.2) is 19.1 Å². The normalized spacial score (nSPS) is 16.6. The van der Waals surface area contributed by atoms with Crippen LogP contribution in [0.4, 0.5) is 5.69 Å². The van der Waals surface area contributed by atoms with Gasteiger partial charge >= 0.3 is 0 Å². The molecule has 2 heteroatoms. The minimum atomic E-state index is 0.283. The Morgan fingerprint density at radius 1 is 1.28 bits per heavy atom. The van der Waals surface area contributed by atoms with Crippen LogP contribution in [0.5, 0.6) is 0 Å². The average molecular weight is 246 g/mol. The molecule has 1 unspecified atom stereocenters. The Kier molecular flexibility index (Phi) is 4.65. The first-order chi connectivity index (χ1) is 8.74. The molecule has 1 saturated carbocycles. The van der Waals surface area contributed by atoms with E-state index in [4.69, 9.17) is 5.73 Å². The van der Waals surface area contributed by atoms with Crippen LogP contribution >= 0.6 is 0 Å². The van der Waals surface area contributed by atoms with Crippen molar-refractivity contribution in [2.75, 3.05) is 18.0 Å². The van der Waals surface area contributed by atoms with Crippen molar-refractivity contribution in [3.8, 4) is 0 Å². The first kappa shape index (κ1) is 13.4. The molecule has 2 rings (SSSR count). The summed E-state index contributed by atoms with van der Waals surface area (Å²) in [7, 11) is 0. The second-order valence-corrected chi connectivity index (χ2v) is 5.48. The highest BCUT2D eigenvalue weighted by atomic mass is 15.1. The molecule has 1 aliphatic carbocycles. The van der Waals surface area contributed by atoms with Gasteiger partial charge in [0.2, 0.25) is 0 Å². The van der Waals surface area contributed by atoms with Gasteiger partial charge in [0.1, 0.15) is 0 Å². The largest absolute Gasteiger partial charge is 0.371 e. The highest BCUT2D eigenvalue weighted by molar-refractivity contribution is 5.54. The molecule has 2 nitrogen and oxygen atoms in total. The topological polar surface area (TPSA) is 29.3 Å². The molecule has 18 heavy (non-hydrogen) atoms. The Morgan fingerprint density at radius 2 is 2.00 bits per heavy atom. The van der Waals surface area contributed by atoms with E-state index in [1.54, 1.807) is 0 Å². The molecule has 1 fully saturated rings. The summed E-state index contributed by atoms with van der Waals surface area (Å²) in [4.78, 5) is 2.52. The van der Waals surface area contributed by atoms with E-state index in [1.165, 1.54) is 30.6 Å². The summed E-state index contributed by atoms with van der Waals surface area (Å²) in [6.07, 6.45) is 4.86. The summed E-state index contributed by atoms with van der Waals surface area (Å²) in [5, 5.41) is 0. The number of nitrogens with zero attached hydrogens (tertiary/aromatic N) is 1. The van der Waals surface area contributed by atoms with Crippen LogP contribution < -0.4 is 10.6 Å². The van der Waals surface area contributed by atoms with E-state index in [1.807, 2.05) is 0 Å². The van der Waals surface area contributed by atoms with Gasteiger partial charge in [0.05, 0.1) is 0 Å². The van der Waals surface area contributed by atoms with Gasteiger partial charge in [-0.1, -0.05) is 25.1 Å². The van der Waals surface area contributed by atoms with Crippen LogP contribution in [0.2, 0.25) is 0 Å². The van der Waals surface area contributed by atoms with Crippen molar-refractivity contribution in [2.24, 2.45) is 11.7 Å². The van der Waals surface area contributed by atoms with Gasteiger partial charge in [-0.15, -0.1) is 0 Å². The second-order valence-electron chi connectivity index (χ2n) is 5.48. The van der Waals surface area contributed by atoms with E-state index in [0.29, 0.717) is 0 Å². The third kappa shape index (κ3) is 3.49. The molecule has 1 aliphatic rings. The number of rotatable bonds is 7. The summed E-state index contributed by atoms with van der Waals surface area (Å²) in [5.41, 5.74) is 8.92. The Balaban J connectivity index is 2.13. The zero-order valence-electron chi connectivity index (χ0n) is 11.7. The molecule has 1 aromatic rings. The molecule has 1 atom stereocenters. The van der Waals surface area contributed by atoms with Gasteiger partial charge in [-0.25, -0.2) is 0 Å². The van der Waals surface area contributed by atoms with Gasteiger partial charge in [0.25, 0.3) is 0 Å². The third-order valence-corrected chi connectivity index (χ3v) is 3.90. The lowest BCUT2D eigenvalue weighted by Gasteiger charge is -2.26. The Morgan fingerprint density at radius 3 is 2.61 bits per heavy atom. The van der Waals surface area contributed by atoms with Crippen LogP contribution in [0, 0.1) is 5.92 Å². The maximum atomic E-state index is 6.11. The number of hydrogen-bond donors (Lipinski definition) is 1. The quantitative estimate of drug-likeness (QED) is 0.800. The molecule has 0 bridgehead atoms. The molecule has 0 heterocycles. The van der Waals surface area contributed by atoms with Crippen molar-refractivity contribution in [2.45, 2.75) is 45.6 Å². The highest BCUT2D eigenvalue weighted by Gasteiger charge is 2.24. The summed E-state index contributed by atoms with van der Waals surface area (Å²) < 4.78 is 0. The molecule has 0 saturated heterocycles. The van der Waals surface area contributed by atoms with Gasteiger partial charge in [0.15, 0.2) is 0 Å². The molecule has 2 N–H and O–H groups in total. The Hall–Kier alpha value is -1.02. The van der Waals surface area contributed by atoms with E-state index in [2.05, 4.69) is 43.0 Å². The number of nitrogens with two attached hydrogens (primary N) is 1. The van der Waals surface area contributed by atoms with E-state index in [9.17, 15) is 0 Å². The van der Waals surface area contributed by atoms with Crippen molar-refractivity contribution in [1.29, 1.82) is 0 Å². The molecule has 100 valence electrons. The zero-order valence-corrected chi connectivity index (χ0v) is 11.7. The number of benzene rings is 1. The number of para-hydroxylation sites is 1. The lowest BCUT2D eigenvalue weighted by molar-refractivity contribution is 0.642. The van der Waals surface area contributed by atoms with E-state index >= 15 is 0 Å². The van der Waals surface area contributed by atoms with Crippen LogP contribution in [0.1, 0.15) is 38.7 Å². The Bertz CT molecular complexity index is 371. The summed E-state index contributed by atoms with van der Waals surface area (Å²) >= 11 is 0.